The van der Waals surface area contributed by atoms with Crippen LogP contribution >= 0.6 is 23.5 Å². The summed E-state index contributed by atoms with van der Waals surface area (Å²) in [4.78, 5) is 14.5. The average molecular weight is 445 g/mol. The highest BCUT2D eigenvalue weighted by Gasteiger charge is 2.08. The largest absolute Gasteiger partial charge is 0.481 e. The normalized spacial score (nSPS) is 11.0. The molecule has 0 heterocycles. The molecule has 0 radical (unpaired) electrons. The van der Waals surface area contributed by atoms with Crippen molar-refractivity contribution in [1.82, 2.24) is 0 Å². The minimum Gasteiger partial charge on any atom is -0.481 e. The van der Waals surface area contributed by atoms with Crippen molar-refractivity contribution in [2.24, 2.45) is 0 Å². The summed E-state index contributed by atoms with van der Waals surface area (Å²) in [6.45, 7) is 2.27. The van der Waals surface area contributed by atoms with Crippen LogP contribution in [0.4, 0.5) is 0 Å². The summed E-state index contributed by atoms with van der Waals surface area (Å²) >= 11 is 3.58. The van der Waals surface area contributed by atoms with E-state index in [1.807, 2.05) is 36.0 Å². The van der Waals surface area contributed by atoms with Crippen molar-refractivity contribution in [2.45, 2.75) is 92.2 Å². The van der Waals surface area contributed by atoms with E-state index < -0.39 is 5.97 Å². The first-order valence-electron chi connectivity index (χ1n) is 11.4. The van der Waals surface area contributed by atoms with Crippen LogP contribution in [0.5, 0.6) is 0 Å². The number of aliphatic carboxylic acids is 1. The maximum absolute atomic E-state index is 11.1. The van der Waals surface area contributed by atoms with Gasteiger partial charge in [-0.25, -0.2) is 0 Å². The molecule has 0 spiro atoms. The Labute approximate surface area is 191 Å². The number of rotatable bonds is 16. The molecule has 2 rings (SSSR count). The molecule has 0 amide bonds. The molecule has 0 unspecified atom stereocenters. The molecule has 0 aliphatic carbocycles. The summed E-state index contributed by atoms with van der Waals surface area (Å²) in [7, 11) is 0. The van der Waals surface area contributed by atoms with E-state index in [-0.39, 0.29) is 6.42 Å². The zero-order valence-electron chi connectivity index (χ0n) is 18.3. The maximum atomic E-state index is 11.1. The summed E-state index contributed by atoms with van der Waals surface area (Å²) in [5.41, 5.74) is 0.870. The van der Waals surface area contributed by atoms with Crippen LogP contribution in [0.15, 0.2) is 63.2 Å². The number of carboxylic acid groups (broad SMARTS) is 1. The van der Waals surface area contributed by atoms with Crippen LogP contribution < -0.4 is 0 Å². The Bertz CT molecular complexity index is 728. The molecule has 30 heavy (non-hydrogen) atoms. The van der Waals surface area contributed by atoms with E-state index >= 15 is 0 Å². The van der Waals surface area contributed by atoms with Gasteiger partial charge in [0.2, 0.25) is 0 Å². The number of unbranched alkanes of at least 4 members (excludes halogenated alkanes) is 9. The molecule has 0 fully saturated rings. The number of hydrogen-bond acceptors (Lipinski definition) is 3. The molecule has 0 aromatic heterocycles. The Hall–Kier alpha value is -1.39. The summed E-state index contributed by atoms with van der Waals surface area (Å²) in [6, 6.07) is 16.4. The SMILES string of the molecule is CCCCCCCCCCCCSc1ccc(Sc2ccccc2CC(=O)O)cc1. The van der Waals surface area contributed by atoms with E-state index in [2.05, 4.69) is 31.2 Å². The molecule has 0 aliphatic heterocycles. The van der Waals surface area contributed by atoms with Crippen molar-refractivity contribution in [2.75, 3.05) is 5.75 Å². The highest BCUT2D eigenvalue weighted by atomic mass is 32.2. The smallest absolute Gasteiger partial charge is 0.307 e. The van der Waals surface area contributed by atoms with Crippen LogP contribution in [0.1, 0.15) is 76.7 Å². The predicted octanol–water partition coefficient (Wildman–Crippen LogP) is 8.48. The zero-order chi connectivity index (χ0) is 21.4. The zero-order valence-corrected chi connectivity index (χ0v) is 19.9. The van der Waals surface area contributed by atoms with E-state index in [4.69, 9.17) is 5.11 Å². The topological polar surface area (TPSA) is 37.3 Å². The molecule has 1 N–H and O–H groups in total. The monoisotopic (exact) mass is 444 g/mol. The Morgan fingerprint density at radius 1 is 0.767 bits per heavy atom. The van der Waals surface area contributed by atoms with Gasteiger partial charge in [-0.15, -0.1) is 11.8 Å². The van der Waals surface area contributed by atoms with E-state index in [1.165, 1.54) is 74.9 Å². The van der Waals surface area contributed by atoms with Gasteiger partial charge in [-0.3, -0.25) is 4.79 Å². The molecule has 0 saturated carbocycles. The minimum absolute atomic E-state index is 0.0654. The first-order chi connectivity index (χ1) is 14.7. The van der Waals surface area contributed by atoms with Crippen LogP contribution in [0.25, 0.3) is 0 Å². The van der Waals surface area contributed by atoms with Crippen molar-refractivity contribution < 1.29 is 9.90 Å². The van der Waals surface area contributed by atoms with E-state index in [0.29, 0.717) is 0 Å². The Balaban J connectivity index is 1.62. The van der Waals surface area contributed by atoms with Crippen LogP contribution in [0, 0.1) is 0 Å². The molecule has 2 nitrogen and oxygen atoms in total. The molecule has 0 saturated heterocycles. The third kappa shape index (κ3) is 10.6. The molecule has 0 aliphatic rings. The second kappa shape index (κ2) is 15.4. The molecular formula is C26H36O2S2. The summed E-state index contributed by atoms with van der Waals surface area (Å²) < 4.78 is 0. The Kier molecular flexibility index (Phi) is 12.8. The quantitative estimate of drug-likeness (QED) is 0.208. The number of benzene rings is 2. The fourth-order valence-electron chi connectivity index (χ4n) is 3.42. The number of carboxylic acids is 1. The van der Waals surface area contributed by atoms with Crippen LogP contribution in [0.2, 0.25) is 0 Å². The summed E-state index contributed by atoms with van der Waals surface area (Å²) in [5.74, 6) is 0.395. The van der Waals surface area contributed by atoms with Crippen molar-refractivity contribution in [3.05, 3.63) is 54.1 Å². The molecule has 164 valence electrons. The van der Waals surface area contributed by atoms with Crippen molar-refractivity contribution in [3.63, 3.8) is 0 Å². The molecule has 2 aromatic carbocycles. The lowest BCUT2D eigenvalue weighted by Gasteiger charge is -2.08. The van der Waals surface area contributed by atoms with Gasteiger partial charge < -0.3 is 5.11 Å². The second-order valence-electron chi connectivity index (χ2n) is 7.78. The van der Waals surface area contributed by atoms with Gasteiger partial charge in [-0.05, 0) is 48.1 Å². The van der Waals surface area contributed by atoms with Gasteiger partial charge in [-0.2, -0.15) is 0 Å². The number of carbonyl (C=O) groups is 1. The fraction of sp³-hybridized carbons (Fsp3) is 0.500. The van der Waals surface area contributed by atoms with Gasteiger partial charge in [0.05, 0.1) is 6.42 Å². The predicted molar refractivity (Wildman–Crippen MR) is 131 cm³/mol. The highest BCUT2D eigenvalue weighted by molar-refractivity contribution is 7.99. The lowest BCUT2D eigenvalue weighted by atomic mass is 10.1. The average Bonchev–Trinajstić information content (AvgIpc) is 2.74. The molecule has 4 heteroatoms. The van der Waals surface area contributed by atoms with Crippen LogP contribution in [-0.4, -0.2) is 16.8 Å². The van der Waals surface area contributed by atoms with E-state index in [1.54, 1.807) is 11.8 Å². The van der Waals surface area contributed by atoms with Gasteiger partial charge in [0, 0.05) is 14.7 Å². The molecule has 0 bridgehead atoms. The van der Waals surface area contributed by atoms with Crippen molar-refractivity contribution >= 4 is 29.5 Å². The second-order valence-corrected chi connectivity index (χ2v) is 10.1. The maximum Gasteiger partial charge on any atom is 0.307 e. The van der Waals surface area contributed by atoms with Gasteiger partial charge in [0.1, 0.15) is 0 Å². The van der Waals surface area contributed by atoms with Gasteiger partial charge in [0.25, 0.3) is 0 Å². The van der Waals surface area contributed by atoms with Gasteiger partial charge >= 0.3 is 5.97 Å². The number of thioether (sulfide) groups is 1. The lowest BCUT2D eigenvalue weighted by Crippen LogP contribution is -2.01. The van der Waals surface area contributed by atoms with Crippen molar-refractivity contribution in [3.8, 4) is 0 Å². The molecule has 2 aromatic rings. The Morgan fingerprint density at radius 3 is 1.97 bits per heavy atom. The number of hydrogen-bond donors (Lipinski definition) is 1. The lowest BCUT2D eigenvalue weighted by molar-refractivity contribution is -0.136. The van der Waals surface area contributed by atoms with Gasteiger partial charge in [-0.1, -0.05) is 94.7 Å². The highest BCUT2D eigenvalue weighted by Crippen LogP contribution is 2.32. The molecule has 0 atom stereocenters. The van der Waals surface area contributed by atoms with Crippen LogP contribution in [0.3, 0.4) is 0 Å². The summed E-state index contributed by atoms with van der Waals surface area (Å²) in [6.07, 6.45) is 13.9. The van der Waals surface area contributed by atoms with E-state index in [9.17, 15) is 4.79 Å². The van der Waals surface area contributed by atoms with Crippen LogP contribution in [-0.2, 0) is 11.2 Å². The first kappa shape index (κ1) is 24.9. The molecular weight excluding hydrogens is 408 g/mol. The third-order valence-corrected chi connectivity index (χ3v) is 7.36. The van der Waals surface area contributed by atoms with Crippen molar-refractivity contribution in [1.29, 1.82) is 0 Å². The fourth-order valence-corrected chi connectivity index (χ4v) is 5.28. The minimum atomic E-state index is -0.790. The Morgan fingerprint density at radius 2 is 1.33 bits per heavy atom. The standard InChI is InChI=1S/C26H36O2S2/c1-2-3-4-5-6-7-8-9-10-13-20-29-23-16-18-24(19-17-23)30-25-15-12-11-14-22(25)21-26(27)28/h11-12,14-19H,2-10,13,20-21H2,1H3,(H,27,28). The first-order valence-corrected chi connectivity index (χ1v) is 13.2. The summed E-state index contributed by atoms with van der Waals surface area (Å²) in [5, 5.41) is 9.08. The third-order valence-electron chi connectivity index (χ3n) is 5.13. The van der Waals surface area contributed by atoms with Gasteiger partial charge in [0.15, 0.2) is 0 Å². The van der Waals surface area contributed by atoms with E-state index in [0.717, 1.165) is 15.4 Å².